The SMILES string of the molecule is O=C(O)c1cccc([N+](=O)[O-])c1NCCc1ccccn1. The molecule has 0 saturated heterocycles. The number of carbonyl (C=O) groups is 1. The van der Waals surface area contributed by atoms with E-state index in [0.717, 1.165) is 5.69 Å². The summed E-state index contributed by atoms with van der Waals surface area (Å²) >= 11 is 0. The van der Waals surface area contributed by atoms with Crippen LogP contribution in [0.3, 0.4) is 0 Å². The van der Waals surface area contributed by atoms with Gasteiger partial charge in [0.15, 0.2) is 0 Å². The zero-order valence-corrected chi connectivity index (χ0v) is 11.0. The summed E-state index contributed by atoms with van der Waals surface area (Å²) in [5.74, 6) is -1.21. The molecule has 108 valence electrons. The molecule has 0 atom stereocenters. The zero-order valence-electron chi connectivity index (χ0n) is 11.0. The molecule has 0 bridgehead atoms. The monoisotopic (exact) mass is 287 g/mol. The first kappa shape index (κ1) is 14.4. The van der Waals surface area contributed by atoms with Crippen LogP contribution in [0.2, 0.25) is 0 Å². The van der Waals surface area contributed by atoms with Crippen LogP contribution in [0, 0.1) is 10.1 Å². The van der Waals surface area contributed by atoms with Crippen molar-refractivity contribution in [2.75, 3.05) is 11.9 Å². The number of aromatic nitrogens is 1. The van der Waals surface area contributed by atoms with E-state index < -0.39 is 10.9 Å². The number of nitrogens with zero attached hydrogens (tertiary/aromatic N) is 2. The average molecular weight is 287 g/mol. The molecular formula is C14H13N3O4. The second-order valence-electron chi connectivity index (χ2n) is 4.26. The van der Waals surface area contributed by atoms with Gasteiger partial charge < -0.3 is 10.4 Å². The maximum atomic E-state index is 11.2. The summed E-state index contributed by atoms with van der Waals surface area (Å²) in [6.45, 7) is 0.349. The molecule has 0 fully saturated rings. The molecule has 21 heavy (non-hydrogen) atoms. The maximum absolute atomic E-state index is 11.2. The lowest BCUT2D eigenvalue weighted by molar-refractivity contribution is -0.384. The van der Waals surface area contributed by atoms with Crippen LogP contribution in [0.25, 0.3) is 0 Å². The summed E-state index contributed by atoms with van der Waals surface area (Å²) in [5, 5.41) is 22.9. The summed E-state index contributed by atoms with van der Waals surface area (Å²) in [5.41, 5.74) is 0.465. The first-order valence-corrected chi connectivity index (χ1v) is 6.24. The third-order valence-corrected chi connectivity index (χ3v) is 2.88. The Bertz CT molecular complexity index is 626. The molecule has 0 aliphatic heterocycles. The van der Waals surface area contributed by atoms with Gasteiger partial charge in [-0.1, -0.05) is 12.1 Å². The van der Waals surface area contributed by atoms with E-state index in [0.29, 0.717) is 13.0 Å². The van der Waals surface area contributed by atoms with Crippen LogP contribution in [0.5, 0.6) is 0 Å². The Morgan fingerprint density at radius 3 is 2.71 bits per heavy atom. The number of carboxylic acid groups (broad SMARTS) is 1. The van der Waals surface area contributed by atoms with Crippen molar-refractivity contribution in [2.45, 2.75) is 6.42 Å². The third-order valence-electron chi connectivity index (χ3n) is 2.88. The highest BCUT2D eigenvalue weighted by Gasteiger charge is 2.20. The normalized spacial score (nSPS) is 10.1. The Hall–Kier alpha value is -2.96. The van der Waals surface area contributed by atoms with E-state index in [1.807, 2.05) is 12.1 Å². The first-order chi connectivity index (χ1) is 10.1. The lowest BCUT2D eigenvalue weighted by Crippen LogP contribution is -2.12. The molecule has 7 heteroatoms. The van der Waals surface area contributed by atoms with E-state index >= 15 is 0 Å². The largest absolute Gasteiger partial charge is 0.478 e. The number of nitro groups is 1. The predicted octanol–water partition coefficient (Wildman–Crippen LogP) is 2.34. The van der Waals surface area contributed by atoms with Gasteiger partial charge in [0.25, 0.3) is 5.69 Å². The molecule has 0 spiro atoms. The molecule has 2 rings (SSSR count). The number of rotatable bonds is 6. The first-order valence-electron chi connectivity index (χ1n) is 6.24. The molecule has 0 aliphatic carbocycles. The fraction of sp³-hybridized carbons (Fsp3) is 0.143. The standard InChI is InChI=1S/C14H13N3O4/c18-14(19)11-5-3-6-12(17(20)21)13(11)16-9-7-10-4-1-2-8-15-10/h1-6,8,16H,7,9H2,(H,18,19). The Kier molecular flexibility index (Phi) is 4.45. The predicted molar refractivity (Wildman–Crippen MR) is 76.5 cm³/mol. The average Bonchev–Trinajstić information content (AvgIpc) is 2.48. The molecule has 7 nitrogen and oxygen atoms in total. The molecule has 1 heterocycles. The molecule has 0 radical (unpaired) electrons. The number of aromatic carboxylic acids is 1. The summed E-state index contributed by atoms with van der Waals surface area (Å²) in [6.07, 6.45) is 2.19. The van der Waals surface area contributed by atoms with E-state index in [1.54, 1.807) is 12.3 Å². The second kappa shape index (κ2) is 6.47. The Morgan fingerprint density at radius 2 is 2.10 bits per heavy atom. The Morgan fingerprint density at radius 1 is 1.29 bits per heavy atom. The highest BCUT2D eigenvalue weighted by Crippen LogP contribution is 2.28. The maximum Gasteiger partial charge on any atom is 0.338 e. The quantitative estimate of drug-likeness (QED) is 0.624. The van der Waals surface area contributed by atoms with E-state index in [4.69, 9.17) is 5.11 Å². The number of carboxylic acids is 1. The number of pyridine rings is 1. The van der Waals surface area contributed by atoms with Gasteiger partial charge in [-0.2, -0.15) is 0 Å². The van der Waals surface area contributed by atoms with Gasteiger partial charge in [-0.05, 0) is 18.2 Å². The highest BCUT2D eigenvalue weighted by atomic mass is 16.6. The molecule has 2 aromatic rings. The van der Waals surface area contributed by atoms with Crippen LogP contribution in [0.1, 0.15) is 16.1 Å². The number of anilines is 1. The van der Waals surface area contributed by atoms with Crippen molar-refractivity contribution in [1.82, 2.24) is 4.98 Å². The number of hydrogen-bond acceptors (Lipinski definition) is 5. The fourth-order valence-corrected chi connectivity index (χ4v) is 1.92. The Labute approximate surface area is 120 Å². The smallest absolute Gasteiger partial charge is 0.338 e. The van der Waals surface area contributed by atoms with Gasteiger partial charge in [-0.3, -0.25) is 15.1 Å². The minimum absolute atomic E-state index is 0.0194. The van der Waals surface area contributed by atoms with Crippen molar-refractivity contribution in [2.24, 2.45) is 0 Å². The zero-order chi connectivity index (χ0) is 15.2. The van der Waals surface area contributed by atoms with Crippen molar-refractivity contribution in [3.05, 3.63) is 64.0 Å². The molecular weight excluding hydrogens is 274 g/mol. The lowest BCUT2D eigenvalue weighted by Gasteiger charge is -2.09. The summed E-state index contributed by atoms with van der Waals surface area (Å²) in [7, 11) is 0. The molecule has 0 saturated carbocycles. The summed E-state index contributed by atoms with van der Waals surface area (Å²) in [4.78, 5) is 25.7. The van der Waals surface area contributed by atoms with Crippen LogP contribution >= 0.6 is 0 Å². The molecule has 1 aromatic carbocycles. The van der Waals surface area contributed by atoms with Crippen LogP contribution < -0.4 is 5.32 Å². The van der Waals surface area contributed by atoms with Crippen molar-refractivity contribution in [3.8, 4) is 0 Å². The summed E-state index contributed by atoms with van der Waals surface area (Å²) in [6, 6.07) is 9.43. The third kappa shape index (κ3) is 3.53. The van der Waals surface area contributed by atoms with Gasteiger partial charge in [0, 0.05) is 30.9 Å². The number of para-hydroxylation sites is 1. The number of nitro benzene ring substituents is 1. The van der Waals surface area contributed by atoms with Crippen LogP contribution in [-0.4, -0.2) is 27.5 Å². The second-order valence-corrected chi connectivity index (χ2v) is 4.26. The van der Waals surface area contributed by atoms with Gasteiger partial charge in [-0.15, -0.1) is 0 Å². The van der Waals surface area contributed by atoms with E-state index in [2.05, 4.69) is 10.3 Å². The molecule has 2 N–H and O–H groups in total. The number of nitrogens with one attached hydrogen (secondary N) is 1. The van der Waals surface area contributed by atoms with Crippen LogP contribution in [0.4, 0.5) is 11.4 Å². The van der Waals surface area contributed by atoms with E-state index in [9.17, 15) is 14.9 Å². The van der Waals surface area contributed by atoms with E-state index in [-0.39, 0.29) is 16.9 Å². The lowest BCUT2D eigenvalue weighted by atomic mass is 10.1. The van der Waals surface area contributed by atoms with Crippen LogP contribution in [-0.2, 0) is 6.42 Å². The van der Waals surface area contributed by atoms with Crippen molar-refractivity contribution < 1.29 is 14.8 Å². The topological polar surface area (TPSA) is 105 Å². The summed E-state index contributed by atoms with van der Waals surface area (Å²) < 4.78 is 0. The van der Waals surface area contributed by atoms with Crippen LogP contribution in [0.15, 0.2) is 42.6 Å². The fourth-order valence-electron chi connectivity index (χ4n) is 1.92. The van der Waals surface area contributed by atoms with Gasteiger partial charge in [0.1, 0.15) is 5.69 Å². The van der Waals surface area contributed by atoms with Crippen molar-refractivity contribution in [3.63, 3.8) is 0 Å². The minimum atomic E-state index is -1.21. The highest BCUT2D eigenvalue weighted by molar-refractivity contribution is 5.96. The van der Waals surface area contributed by atoms with Crippen molar-refractivity contribution in [1.29, 1.82) is 0 Å². The Balaban J connectivity index is 2.18. The number of benzene rings is 1. The molecule has 1 aromatic heterocycles. The molecule has 0 amide bonds. The number of hydrogen-bond donors (Lipinski definition) is 2. The van der Waals surface area contributed by atoms with Gasteiger partial charge >= 0.3 is 5.97 Å². The van der Waals surface area contributed by atoms with Crippen molar-refractivity contribution >= 4 is 17.3 Å². The van der Waals surface area contributed by atoms with Gasteiger partial charge in [0.05, 0.1) is 10.5 Å². The van der Waals surface area contributed by atoms with Gasteiger partial charge in [0.2, 0.25) is 0 Å². The van der Waals surface area contributed by atoms with Gasteiger partial charge in [-0.25, -0.2) is 4.79 Å². The van der Waals surface area contributed by atoms with E-state index in [1.165, 1.54) is 18.2 Å². The minimum Gasteiger partial charge on any atom is -0.478 e. The molecule has 0 unspecified atom stereocenters. The molecule has 0 aliphatic rings.